The van der Waals surface area contributed by atoms with Gasteiger partial charge in [0.15, 0.2) is 11.5 Å². The molecule has 1 aromatic heterocycles. The minimum atomic E-state index is -0.908. The fourth-order valence-corrected chi connectivity index (χ4v) is 2.51. The number of thioether (sulfide) groups is 1. The maximum atomic E-state index is 11.6. The van der Waals surface area contributed by atoms with Crippen molar-refractivity contribution in [3.63, 3.8) is 0 Å². The Labute approximate surface area is 134 Å². The molecule has 0 unspecified atom stereocenters. The molecule has 120 valence electrons. The summed E-state index contributed by atoms with van der Waals surface area (Å²) in [6.45, 7) is 1.77. The van der Waals surface area contributed by atoms with Crippen LogP contribution in [0.4, 0.5) is 4.79 Å². The molecule has 2 heterocycles. The molecule has 0 saturated carbocycles. The fourth-order valence-electron chi connectivity index (χ4n) is 1.83. The highest BCUT2D eigenvalue weighted by Crippen LogP contribution is 2.36. The van der Waals surface area contributed by atoms with E-state index < -0.39 is 17.2 Å². The number of hydrogen-bond acceptors (Lipinski definition) is 8. The number of nitrogens with zero attached hydrogens (tertiary/aromatic N) is 2. The van der Waals surface area contributed by atoms with Gasteiger partial charge in [-0.15, -0.1) is 10.2 Å². The highest BCUT2D eigenvalue weighted by Gasteiger charge is 2.21. The first-order valence-corrected chi connectivity index (χ1v) is 7.41. The number of hydrogen-bond donors (Lipinski definition) is 2. The SMILES string of the molecule is C[C@@H](Sc1nnc(-c2ccc3c(c2)OCO3)o1)C(=O)NC(N)=O. The Kier molecular flexibility index (Phi) is 4.06. The summed E-state index contributed by atoms with van der Waals surface area (Å²) in [4.78, 5) is 22.3. The van der Waals surface area contributed by atoms with Crippen LogP contribution in [0, 0.1) is 0 Å². The lowest BCUT2D eigenvalue weighted by molar-refractivity contribution is -0.119. The van der Waals surface area contributed by atoms with Gasteiger partial charge in [0.1, 0.15) is 0 Å². The van der Waals surface area contributed by atoms with Gasteiger partial charge < -0.3 is 19.6 Å². The second kappa shape index (κ2) is 6.16. The molecular formula is C13H12N4O5S. The maximum absolute atomic E-state index is 11.6. The summed E-state index contributed by atoms with van der Waals surface area (Å²) in [7, 11) is 0. The number of amides is 3. The van der Waals surface area contributed by atoms with Crippen molar-refractivity contribution >= 4 is 23.7 Å². The molecule has 3 amide bonds. The summed E-state index contributed by atoms with van der Waals surface area (Å²) in [5.41, 5.74) is 5.56. The number of carbonyl (C=O) groups excluding carboxylic acids is 2. The summed E-state index contributed by atoms with van der Waals surface area (Å²) in [6, 6.07) is 4.33. The van der Waals surface area contributed by atoms with Gasteiger partial charge in [-0.2, -0.15) is 0 Å². The molecule has 1 atom stereocenters. The molecule has 1 aromatic carbocycles. The number of aromatic nitrogens is 2. The molecule has 10 heteroatoms. The lowest BCUT2D eigenvalue weighted by atomic mass is 10.2. The number of carbonyl (C=O) groups is 2. The molecular weight excluding hydrogens is 324 g/mol. The first kappa shape index (κ1) is 15.2. The van der Waals surface area contributed by atoms with Gasteiger partial charge in [-0.05, 0) is 25.1 Å². The van der Waals surface area contributed by atoms with Crippen LogP contribution < -0.4 is 20.5 Å². The molecule has 2 aromatic rings. The topological polar surface area (TPSA) is 130 Å². The fraction of sp³-hybridized carbons (Fsp3) is 0.231. The largest absolute Gasteiger partial charge is 0.454 e. The number of fused-ring (bicyclic) bond motifs is 1. The average Bonchev–Trinajstić information content (AvgIpc) is 3.14. The second-order valence-corrected chi connectivity index (χ2v) is 5.85. The van der Waals surface area contributed by atoms with Crippen LogP contribution in [0.15, 0.2) is 27.8 Å². The van der Waals surface area contributed by atoms with Crippen molar-refractivity contribution in [3.05, 3.63) is 18.2 Å². The molecule has 0 aliphatic carbocycles. The molecule has 0 bridgehead atoms. The molecule has 3 N–H and O–H groups in total. The van der Waals surface area contributed by atoms with Gasteiger partial charge in [0.25, 0.3) is 5.22 Å². The van der Waals surface area contributed by atoms with Gasteiger partial charge in [-0.3, -0.25) is 10.1 Å². The summed E-state index contributed by atoms with van der Waals surface area (Å²) in [6.07, 6.45) is 0. The van der Waals surface area contributed by atoms with E-state index in [0.717, 1.165) is 11.8 Å². The highest BCUT2D eigenvalue weighted by atomic mass is 32.2. The van der Waals surface area contributed by atoms with E-state index in [-0.39, 0.29) is 17.9 Å². The Morgan fingerprint density at radius 1 is 1.30 bits per heavy atom. The first-order chi connectivity index (χ1) is 11.0. The van der Waals surface area contributed by atoms with E-state index in [2.05, 4.69) is 10.2 Å². The van der Waals surface area contributed by atoms with Crippen molar-refractivity contribution < 1.29 is 23.5 Å². The van der Waals surface area contributed by atoms with Gasteiger partial charge in [0.2, 0.25) is 18.6 Å². The second-order valence-electron chi connectivity index (χ2n) is 4.55. The third-order valence-electron chi connectivity index (χ3n) is 2.92. The molecule has 0 saturated heterocycles. The Balaban J connectivity index is 1.71. The van der Waals surface area contributed by atoms with E-state index in [9.17, 15) is 9.59 Å². The van der Waals surface area contributed by atoms with Crippen LogP contribution in [-0.4, -0.2) is 34.2 Å². The highest BCUT2D eigenvalue weighted by molar-refractivity contribution is 8.00. The van der Waals surface area contributed by atoms with Crippen LogP contribution in [0.5, 0.6) is 11.5 Å². The van der Waals surface area contributed by atoms with E-state index in [1.807, 2.05) is 5.32 Å². The van der Waals surface area contributed by atoms with Crippen molar-refractivity contribution in [2.45, 2.75) is 17.4 Å². The smallest absolute Gasteiger partial charge is 0.318 e. The lowest BCUT2D eigenvalue weighted by Crippen LogP contribution is -2.39. The van der Waals surface area contributed by atoms with E-state index in [0.29, 0.717) is 17.1 Å². The van der Waals surface area contributed by atoms with Gasteiger partial charge in [0.05, 0.1) is 5.25 Å². The Bertz CT molecular complexity index is 763. The zero-order valence-electron chi connectivity index (χ0n) is 11.9. The van der Waals surface area contributed by atoms with Gasteiger partial charge >= 0.3 is 6.03 Å². The molecule has 1 aliphatic rings. The van der Waals surface area contributed by atoms with Crippen LogP contribution >= 0.6 is 11.8 Å². The summed E-state index contributed by atoms with van der Waals surface area (Å²) in [5.74, 6) is 1.00. The number of ether oxygens (including phenoxy) is 2. The van der Waals surface area contributed by atoms with E-state index in [4.69, 9.17) is 19.6 Å². The third kappa shape index (κ3) is 3.37. The summed E-state index contributed by atoms with van der Waals surface area (Å²) in [5, 5.41) is 9.36. The van der Waals surface area contributed by atoms with Crippen LogP contribution in [0.3, 0.4) is 0 Å². The number of nitrogens with one attached hydrogen (secondary N) is 1. The number of rotatable bonds is 4. The lowest BCUT2D eigenvalue weighted by Gasteiger charge is -2.06. The van der Waals surface area contributed by atoms with E-state index in [1.165, 1.54) is 0 Å². The van der Waals surface area contributed by atoms with Gasteiger partial charge in [0, 0.05) is 5.56 Å². The predicted octanol–water partition coefficient (Wildman–Crippen LogP) is 1.14. The molecule has 23 heavy (non-hydrogen) atoms. The Morgan fingerprint density at radius 2 is 2.09 bits per heavy atom. The van der Waals surface area contributed by atoms with Gasteiger partial charge in [-0.25, -0.2) is 4.79 Å². The van der Waals surface area contributed by atoms with Crippen LogP contribution in [-0.2, 0) is 4.79 Å². The number of primary amides is 1. The van der Waals surface area contributed by atoms with Gasteiger partial charge in [-0.1, -0.05) is 11.8 Å². The average molecular weight is 336 g/mol. The van der Waals surface area contributed by atoms with Crippen LogP contribution in [0.1, 0.15) is 6.92 Å². The van der Waals surface area contributed by atoms with E-state index >= 15 is 0 Å². The summed E-state index contributed by atoms with van der Waals surface area (Å²) >= 11 is 1.02. The molecule has 0 spiro atoms. The number of benzene rings is 1. The normalized spacial score (nSPS) is 13.6. The number of urea groups is 1. The molecule has 0 radical (unpaired) electrons. The first-order valence-electron chi connectivity index (χ1n) is 6.53. The Morgan fingerprint density at radius 3 is 2.87 bits per heavy atom. The quantitative estimate of drug-likeness (QED) is 0.795. The number of nitrogens with two attached hydrogens (primary N) is 1. The Hall–Kier alpha value is -2.75. The van der Waals surface area contributed by atoms with Crippen LogP contribution in [0.25, 0.3) is 11.5 Å². The zero-order valence-corrected chi connectivity index (χ0v) is 12.8. The monoisotopic (exact) mass is 336 g/mol. The van der Waals surface area contributed by atoms with Crippen molar-refractivity contribution in [2.75, 3.05) is 6.79 Å². The third-order valence-corrected chi connectivity index (χ3v) is 3.85. The predicted molar refractivity (Wildman–Crippen MR) is 78.9 cm³/mol. The van der Waals surface area contributed by atoms with Crippen molar-refractivity contribution in [3.8, 4) is 23.0 Å². The maximum Gasteiger partial charge on any atom is 0.318 e. The van der Waals surface area contributed by atoms with Crippen molar-refractivity contribution in [1.29, 1.82) is 0 Å². The summed E-state index contributed by atoms with van der Waals surface area (Å²) < 4.78 is 16.0. The number of imide groups is 1. The zero-order chi connectivity index (χ0) is 16.4. The minimum Gasteiger partial charge on any atom is -0.454 e. The van der Waals surface area contributed by atoms with Crippen LogP contribution in [0.2, 0.25) is 0 Å². The van der Waals surface area contributed by atoms with E-state index in [1.54, 1.807) is 25.1 Å². The molecule has 9 nitrogen and oxygen atoms in total. The molecule has 3 rings (SSSR count). The molecule has 1 aliphatic heterocycles. The molecule has 0 fully saturated rings. The standard InChI is InChI=1S/C13H12N4O5S/c1-6(10(18)15-12(14)19)23-13-17-16-11(22-13)7-2-3-8-9(4-7)21-5-20-8/h2-4,6H,5H2,1H3,(H3,14,15,18,19)/t6-/m1/s1. The van der Waals surface area contributed by atoms with Crippen molar-refractivity contribution in [1.82, 2.24) is 15.5 Å². The van der Waals surface area contributed by atoms with Crippen molar-refractivity contribution in [2.24, 2.45) is 5.73 Å². The minimum absolute atomic E-state index is 0.177.